The zero-order chi connectivity index (χ0) is 21.8. The summed E-state index contributed by atoms with van der Waals surface area (Å²) in [4.78, 5) is 38.6. The highest BCUT2D eigenvalue weighted by Crippen LogP contribution is 2.33. The van der Waals surface area contributed by atoms with Crippen molar-refractivity contribution in [2.45, 2.75) is 12.8 Å². The average Bonchev–Trinajstić information content (AvgIpc) is 3.44. The first-order valence-corrected chi connectivity index (χ1v) is 10.0. The van der Waals surface area contributed by atoms with Crippen LogP contribution in [0, 0.1) is 0 Å². The number of fused-ring (bicyclic) bond motifs is 1. The molecule has 2 aliphatic heterocycles. The molecule has 2 aliphatic rings. The Morgan fingerprint density at radius 1 is 1.03 bits per heavy atom. The molecule has 10 heteroatoms. The highest BCUT2D eigenvalue weighted by Gasteiger charge is 2.32. The van der Waals surface area contributed by atoms with Crippen molar-refractivity contribution in [2.75, 3.05) is 26.5 Å². The molecule has 2 aromatic carbocycles. The molecule has 1 atom stereocenters. The fourth-order valence-corrected chi connectivity index (χ4v) is 3.48. The van der Waals surface area contributed by atoms with Gasteiger partial charge >= 0.3 is 11.8 Å². The first-order chi connectivity index (χ1) is 15.0. The Labute approximate surface area is 183 Å². The van der Waals surface area contributed by atoms with Crippen LogP contribution in [-0.4, -0.2) is 55.3 Å². The van der Waals surface area contributed by atoms with E-state index in [1.54, 1.807) is 42.5 Å². The van der Waals surface area contributed by atoms with Crippen molar-refractivity contribution in [2.24, 2.45) is 0 Å². The number of nitrogens with one attached hydrogen (secondary N) is 2. The van der Waals surface area contributed by atoms with Gasteiger partial charge in [-0.2, -0.15) is 0 Å². The second-order valence-corrected chi connectivity index (χ2v) is 7.28. The number of hydrogen-bond acceptors (Lipinski definition) is 6. The maximum atomic E-state index is 12.9. The molecule has 4 rings (SSSR count). The van der Waals surface area contributed by atoms with Crippen molar-refractivity contribution < 1.29 is 28.6 Å². The number of nitrogens with zero attached hydrogens (tertiary/aromatic N) is 1. The van der Waals surface area contributed by atoms with Crippen LogP contribution in [0.15, 0.2) is 42.5 Å². The molecule has 0 spiro atoms. The summed E-state index contributed by atoms with van der Waals surface area (Å²) in [7, 11) is 0. The molecule has 2 aromatic rings. The van der Waals surface area contributed by atoms with Gasteiger partial charge in [0.15, 0.2) is 11.5 Å². The summed E-state index contributed by atoms with van der Waals surface area (Å²) in [6.07, 6.45) is -0.682. The van der Waals surface area contributed by atoms with Gasteiger partial charge in [-0.05, 0) is 29.8 Å². The van der Waals surface area contributed by atoms with Crippen LogP contribution >= 0.6 is 11.6 Å². The number of rotatable bonds is 5. The quantitative estimate of drug-likeness (QED) is 0.672. The summed E-state index contributed by atoms with van der Waals surface area (Å²) < 4.78 is 16.1. The molecule has 0 bridgehead atoms. The van der Waals surface area contributed by atoms with Crippen LogP contribution in [-0.2, 0) is 20.9 Å². The standard InChI is InChI=1S/C21H20ClN3O6/c22-15-4-2-1-3-14(15)10-23-19(26)20(27)24-11-18-25(7-8-29-18)21(28)13-5-6-16-17(9-13)31-12-30-16/h1-6,9,18H,7-8,10-12H2,(H,23,26)(H,24,27)/t18-/m1/s1. The van der Waals surface area contributed by atoms with E-state index in [0.717, 1.165) is 0 Å². The largest absolute Gasteiger partial charge is 0.454 e. The molecule has 1 saturated heterocycles. The number of benzene rings is 2. The van der Waals surface area contributed by atoms with E-state index in [9.17, 15) is 14.4 Å². The molecule has 2 heterocycles. The fraction of sp³-hybridized carbons (Fsp3) is 0.286. The Kier molecular flexibility index (Phi) is 6.24. The molecule has 0 saturated carbocycles. The van der Waals surface area contributed by atoms with E-state index >= 15 is 0 Å². The summed E-state index contributed by atoms with van der Waals surface area (Å²) in [5.74, 6) is -0.797. The molecule has 162 valence electrons. The predicted molar refractivity (Wildman–Crippen MR) is 110 cm³/mol. The van der Waals surface area contributed by atoms with Gasteiger partial charge < -0.3 is 29.7 Å². The topological polar surface area (TPSA) is 106 Å². The van der Waals surface area contributed by atoms with Crippen molar-refractivity contribution in [1.82, 2.24) is 15.5 Å². The third kappa shape index (κ3) is 4.73. The van der Waals surface area contributed by atoms with Crippen molar-refractivity contribution >= 4 is 29.3 Å². The lowest BCUT2D eigenvalue weighted by molar-refractivity contribution is -0.139. The lowest BCUT2D eigenvalue weighted by Gasteiger charge is -2.23. The van der Waals surface area contributed by atoms with Gasteiger partial charge in [-0.1, -0.05) is 29.8 Å². The van der Waals surface area contributed by atoms with E-state index in [1.165, 1.54) is 4.90 Å². The Hall–Kier alpha value is -3.30. The molecule has 0 aromatic heterocycles. The van der Waals surface area contributed by atoms with Crippen LogP contribution in [0.1, 0.15) is 15.9 Å². The van der Waals surface area contributed by atoms with Gasteiger partial charge in [0.05, 0.1) is 13.2 Å². The first-order valence-electron chi connectivity index (χ1n) is 9.64. The van der Waals surface area contributed by atoms with E-state index < -0.39 is 18.0 Å². The van der Waals surface area contributed by atoms with Crippen molar-refractivity contribution in [3.8, 4) is 11.5 Å². The molecule has 3 amide bonds. The number of carbonyl (C=O) groups is 3. The third-order valence-corrected chi connectivity index (χ3v) is 5.28. The Morgan fingerprint density at radius 3 is 2.65 bits per heavy atom. The van der Waals surface area contributed by atoms with Gasteiger partial charge in [-0.3, -0.25) is 14.4 Å². The molecule has 9 nitrogen and oxygen atoms in total. The van der Waals surface area contributed by atoms with Gasteiger partial charge in [-0.15, -0.1) is 0 Å². The molecular formula is C21H20ClN3O6. The molecule has 1 fully saturated rings. The third-order valence-electron chi connectivity index (χ3n) is 4.91. The van der Waals surface area contributed by atoms with Crippen LogP contribution in [0.5, 0.6) is 11.5 Å². The Bertz CT molecular complexity index is 1010. The average molecular weight is 446 g/mol. The second kappa shape index (κ2) is 9.23. The maximum absolute atomic E-state index is 12.9. The van der Waals surface area contributed by atoms with E-state index in [2.05, 4.69) is 10.6 Å². The summed E-state index contributed by atoms with van der Waals surface area (Å²) in [6, 6.07) is 12.0. The first kappa shape index (κ1) is 21.0. The van der Waals surface area contributed by atoms with E-state index in [4.69, 9.17) is 25.8 Å². The minimum atomic E-state index is -0.821. The van der Waals surface area contributed by atoms with E-state index in [1.807, 2.05) is 0 Å². The summed E-state index contributed by atoms with van der Waals surface area (Å²) in [5.41, 5.74) is 1.12. The van der Waals surface area contributed by atoms with Crippen LogP contribution in [0.2, 0.25) is 5.02 Å². The highest BCUT2D eigenvalue weighted by atomic mass is 35.5. The smallest absolute Gasteiger partial charge is 0.309 e. The van der Waals surface area contributed by atoms with E-state index in [0.29, 0.717) is 40.8 Å². The lowest BCUT2D eigenvalue weighted by Crippen LogP contribution is -2.47. The molecule has 0 radical (unpaired) electrons. The molecule has 31 heavy (non-hydrogen) atoms. The lowest BCUT2D eigenvalue weighted by atomic mass is 10.1. The molecule has 2 N–H and O–H groups in total. The fourth-order valence-electron chi connectivity index (χ4n) is 3.28. The van der Waals surface area contributed by atoms with Crippen LogP contribution < -0.4 is 20.1 Å². The Balaban J connectivity index is 1.30. The summed E-state index contributed by atoms with van der Waals surface area (Å²) in [6.45, 7) is 0.921. The minimum absolute atomic E-state index is 0.0192. The monoisotopic (exact) mass is 445 g/mol. The van der Waals surface area contributed by atoms with Gasteiger partial charge in [0.2, 0.25) is 6.79 Å². The van der Waals surface area contributed by atoms with Gasteiger partial charge in [0.1, 0.15) is 6.23 Å². The zero-order valence-electron chi connectivity index (χ0n) is 16.4. The normalized spacial score (nSPS) is 16.8. The zero-order valence-corrected chi connectivity index (χ0v) is 17.2. The van der Waals surface area contributed by atoms with Crippen LogP contribution in [0.4, 0.5) is 0 Å². The van der Waals surface area contributed by atoms with Crippen molar-refractivity contribution in [3.05, 3.63) is 58.6 Å². The number of amides is 3. The van der Waals surface area contributed by atoms with Crippen LogP contribution in [0.3, 0.4) is 0 Å². The molecule has 0 unspecified atom stereocenters. The van der Waals surface area contributed by atoms with Gasteiger partial charge in [0.25, 0.3) is 5.91 Å². The molecule has 0 aliphatic carbocycles. The summed E-state index contributed by atoms with van der Waals surface area (Å²) >= 11 is 6.04. The minimum Gasteiger partial charge on any atom is -0.454 e. The van der Waals surface area contributed by atoms with Crippen molar-refractivity contribution in [3.63, 3.8) is 0 Å². The van der Waals surface area contributed by atoms with Crippen molar-refractivity contribution in [1.29, 1.82) is 0 Å². The summed E-state index contributed by atoms with van der Waals surface area (Å²) in [5, 5.41) is 5.52. The maximum Gasteiger partial charge on any atom is 0.309 e. The molecular weight excluding hydrogens is 426 g/mol. The number of carbonyl (C=O) groups excluding carboxylic acids is 3. The van der Waals surface area contributed by atoms with E-state index in [-0.39, 0.29) is 25.8 Å². The van der Waals surface area contributed by atoms with Gasteiger partial charge in [-0.25, -0.2) is 0 Å². The highest BCUT2D eigenvalue weighted by molar-refractivity contribution is 6.35. The predicted octanol–water partition coefficient (Wildman–Crippen LogP) is 1.30. The number of halogens is 1. The second-order valence-electron chi connectivity index (χ2n) is 6.88. The number of ether oxygens (including phenoxy) is 3. The van der Waals surface area contributed by atoms with Gasteiger partial charge in [0, 0.05) is 23.7 Å². The SMILES string of the molecule is O=C(NCc1ccccc1Cl)C(=O)NC[C@H]1OCCN1C(=O)c1ccc2c(c1)OCO2. The number of hydrogen-bond donors (Lipinski definition) is 2. The Morgan fingerprint density at radius 2 is 1.81 bits per heavy atom. The van der Waals surface area contributed by atoms with Crippen LogP contribution in [0.25, 0.3) is 0 Å².